The highest BCUT2D eigenvalue weighted by Gasteiger charge is 2.22. The molecule has 1 saturated heterocycles. The first-order valence-electron chi connectivity index (χ1n) is 8.02. The zero-order valence-corrected chi connectivity index (χ0v) is 15.1. The number of piperazine rings is 1. The first-order valence-corrected chi connectivity index (χ1v) is 8.84. The van der Waals surface area contributed by atoms with E-state index in [4.69, 9.17) is 0 Å². The molecule has 3 heterocycles. The van der Waals surface area contributed by atoms with Crippen LogP contribution in [0.2, 0.25) is 0 Å². The fraction of sp³-hybridized carbons (Fsp3) is 0.500. The number of amides is 1. The van der Waals surface area contributed by atoms with Crippen molar-refractivity contribution in [2.45, 2.75) is 19.9 Å². The second-order valence-corrected chi connectivity index (χ2v) is 7.10. The molecular weight excluding hydrogens is 324 g/mol. The van der Waals surface area contributed by atoms with Crippen molar-refractivity contribution in [3.8, 4) is 0 Å². The van der Waals surface area contributed by atoms with Crippen molar-refractivity contribution >= 4 is 28.9 Å². The summed E-state index contributed by atoms with van der Waals surface area (Å²) in [6, 6.07) is 1.94. The van der Waals surface area contributed by atoms with Gasteiger partial charge >= 0.3 is 0 Å². The quantitative estimate of drug-likeness (QED) is 0.816. The van der Waals surface area contributed by atoms with Gasteiger partial charge < -0.3 is 14.7 Å². The number of aromatic nitrogens is 3. The van der Waals surface area contributed by atoms with Crippen molar-refractivity contribution < 1.29 is 4.79 Å². The van der Waals surface area contributed by atoms with E-state index in [0.29, 0.717) is 19.6 Å². The molecule has 2 aromatic heterocycles. The summed E-state index contributed by atoms with van der Waals surface area (Å²) in [7, 11) is 3.83. The van der Waals surface area contributed by atoms with Crippen molar-refractivity contribution in [2.24, 2.45) is 0 Å². The summed E-state index contributed by atoms with van der Waals surface area (Å²) in [5, 5.41) is 1.07. The lowest BCUT2D eigenvalue weighted by Gasteiger charge is -2.33. The molecule has 0 N–H and O–H groups in total. The highest BCUT2D eigenvalue weighted by molar-refractivity contribution is 7.11. The molecule has 3 rings (SSSR count). The molecule has 0 radical (unpaired) electrons. The van der Waals surface area contributed by atoms with Crippen LogP contribution in [0, 0.1) is 0 Å². The van der Waals surface area contributed by atoms with Crippen molar-refractivity contribution in [1.29, 1.82) is 0 Å². The van der Waals surface area contributed by atoms with Gasteiger partial charge in [0.15, 0.2) is 0 Å². The minimum Gasteiger partial charge on any atom is -0.353 e. The maximum absolute atomic E-state index is 11.9. The van der Waals surface area contributed by atoms with Crippen molar-refractivity contribution in [3.05, 3.63) is 28.5 Å². The second-order valence-electron chi connectivity index (χ2n) is 5.90. The monoisotopic (exact) mass is 346 g/mol. The van der Waals surface area contributed by atoms with Crippen LogP contribution in [0.3, 0.4) is 0 Å². The first-order chi connectivity index (χ1) is 11.6. The Hall–Kier alpha value is -2.22. The molecule has 0 saturated carbocycles. The van der Waals surface area contributed by atoms with Crippen LogP contribution in [0.5, 0.6) is 0 Å². The Morgan fingerprint density at radius 2 is 2.12 bits per heavy atom. The molecule has 0 atom stereocenters. The summed E-state index contributed by atoms with van der Waals surface area (Å²) in [6.07, 6.45) is 4.51. The van der Waals surface area contributed by atoms with Crippen LogP contribution in [0.4, 0.5) is 11.6 Å². The highest BCUT2D eigenvalue weighted by atomic mass is 32.1. The number of carbonyl (C=O) groups is 1. The molecule has 0 bridgehead atoms. The fourth-order valence-corrected chi connectivity index (χ4v) is 3.46. The maximum atomic E-state index is 11.9. The van der Waals surface area contributed by atoms with Crippen molar-refractivity contribution in [1.82, 2.24) is 19.9 Å². The summed E-state index contributed by atoms with van der Waals surface area (Å²) >= 11 is 1.73. The Kier molecular flexibility index (Phi) is 4.94. The van der Waals surface area contributed by atoms with Crippen LogP contribution >= 0.6 is 11.3 Å². The molecule has 0 spiro atoms. The van der Waals surface area contributed by atoms with Gasteiger partial charge in [0, 0.05) is 44.3 Å². The van der Waals surface area contributed by atoms with Gasteiger partial charge in [-0.05, 0) is 6.42 Å². The molecule has 2 aromatic rings. The van der Waals surface area contributed by atoms with E-state index in [1.165, 1.54) is 4.88 Å². The second kappa shape index (κ2) is 7.12. The Bertz CT molecular complexity index is 718. The van der Waals surface area contributed by atoms with Crippen LogP contribution in [0.15, 0.2) is 18.6 Å². The SMILES string of the molecule is CCc1cnc(CN(C)c2cc(N3CCN(C)C(=O)C3)ncn2)s1. The predicted octanol–water partition coefficient (Wildman–Crippen LogP) is 1.41. The number of hydrogen-bond acceptors (Lipinski definition) is 7. The molecule has 8 heteroatoms. The van der Waals surface area contributed by atoms with Gasteiger partial charge in [-0.25, -0.2) is 15.0 Å². The number of hydrogen-bond donors (Lipinski definition) is 0. The summed E-state index contributed by atoms with van der Waals surface area (Å²) in [5.74, 6) is 1.74. The lowest BCUT2D eigenvalue weighted by molar-refractivity contribution is -0.129. The molecule has 0 aliphatic carbocycles. The summed E-state index contributed by atoms with van der Waals surface area (Å²) in [4.78, 5) is 32.1. The van der Waals surface area contributed by atoms with E-state index >= 15 is 0 Å². The largest absolute Gasteiger partial charge is 0.353 e. The Morgan fingerprint density at radius 1 is 1.29 bits per heavy atom. The molecule has 1 aliphatic heterocycles. The third kappa shape index (κ3) is 3.64. The topological polar surface area (TPSA) is 65.5 Å². The van der Waals surface area contributed by atoms with Crippen LogP contribution in [0.1, 0.15) is 16.8 Å². The normalized spacial score (nSPS) is 15.0. The summed E-state index contributed by atoms with van der Waals surface area (Å²) in [5.41, 5.74) is 0. The molecule has 7 nitrogen and oxygen atoms in total. The third-order valence-electron chi connectivity index (χ3n) is 4.13. The average molecular weight is 346 g/mol. The van der Waals surface area contributed by atoms with Gasteiger partial charge in [0.2, 0.25) is 5.91 Å². The third-order valence-corrected chi connectivity index (χ3v) is 5.26. The Balaban J connectivity index is 1.71. The van der Waals surface area contributed by atoms with Gasteiger partial charge in [-0.2, -0.15) is 0 Å². The van der Waals surface area contributed by atoms with E-state index < -0.39 is 0 Å². The van der Waals surface area contributed by atoms with Crippen molar-refractivity contribution in [2.75, 3.05) is 43.5 Å². The number of likely N-dealkylation sites (N-methyl/N-ethyl adjacent to an activating group) is 1. The van der Waals surface area contributed by atoms with Crippen LogP contribution in [-0.4, -0.2) is 59.5 Å². The number of thiazole rings is 1. The standard InChI is InChI=1S/C16H22N6OS/c1-4-12-8-17-15(24-12)9-21(3)13-7-14(19-11-18-13)22-6-5-20(2)16(23)10-22/h7-8,11H,4-6,9-10H2,1-3H3. The summed E-state index contributed by atoms with van der Waals surface area (Å²) in [6.45, 7) is 4.71. The van der Waals surface area contributed by atoms with Gasteiger partial charge in [0.05, 0.1) is 13.1 Å². The summed E-state index contributed by atoms with van der Waals surface area (Å²) < 4.78 is 0. The molecule has 1 aliphatic rings. The van der Waals surface area contributed by atoms with Gasteiger partial charge in [0.25, 0.3) is 0 Å². The number of aryl methyl sites for hydroxylation is 1. The smallest absolute Gasteiger partial charge is 0.241 e. The zero-order chi connectivity index (χ0) is 17.1. The minimum absolute atomic E-state index is 0.115. The van der Waals surface area contributed by atoms with E-state index in [1.54, 1.807) is 22.6 Å². The number of nitrogens with zero attached hydrogens (tertiary/aromatic N) is 6. The van der Waals surface area contributed by atoms with Crippen molar-refractivity contribution in [3.63, 3.8) is 0 Å². The van der Waals surface area contributed by atoms with Crippen LogP contribution in [0.25, 0.3) is 0 Å². The fourth-order valence-electron chi connectivity index (χ4n) is 2.54. The average Bonchev–Trinajstić information content (AvgIpc) is 3.05. The molecule has 1 fully saturated rings. The lowest BCUT2D eigenvalue weighted by atomic mass is 10.3. The number of carbonyl (C=O) groups excluding carboxylic acids is 1. The van der Waals surface area contributed by atoms with Crippen LogP contribution < -0.4 is 9.80 Å². The van der Waals surface area contributed by atoms with E-state index in [2.05, 4.69) is 26.8 Å². The molecule has 0 aromatic carbocycles. The number of anilines is 2. The first kappa shape index (κ1) is 16.6. The van der Waals surface area contributed by atoms with Crippen LogP contribution in [-0.2, 0) is 17.8 Å². The van der Waals surface area contributed by atoms with E-state index in [1.807, 2.05) is 31.3 Å². The van der Waals surface area contributed by atoms with E-state index in [0.717, 1.165) is 29.6 Å². The minimum atomic E-state index is 0.115. The molecule has 128 valence electrons. The lowest BCUT2D eigenvalue weighted by Crippen LogP contribution is -2.48. The van der Waals surface area contributed by atoms with E-state index in [9.17, 15) is 4.79 Å². The van der Waals surface area contributed by atoms with E-state index in [-0.39, 0.29) is 5.91 Å². The molecule has 0 unspecified atom stereocenters. The van der Waals surface area contributed by atoms with Gasteiger partial charge in [-0.3, -0.25) is 4.79 Å². The predicted molar refractivity (Wildman–Crippen MR) is 95.5 cm³/mol. The molecular formula is C16H22N6OS. The molecule has 1 amide bonds. The zero-order valence-electron chi connectivity index (χ0n) is 14.3. The Labute approximate surface area is 146 Å². The van der Waals surface area contributed by atoms with Gasteiger partial charge in [-0.15, -0.1) is 11.3 Å². The highest BCUT2D eigenvalue weighted by Crippen LogP contribution is 2.21. The molecule has 24 heavy (non-hydrogen) atoms. The Morgan fingerprint density at radius 3 is 2.83 bits per heavy atom. The van der Waals surface area contributed by atoms with Gasteiger partial charge in [0.1, 0.15) is 23.0 Å². The van der Waals surface area contributed by atoms with Gasteiger partial charge in [-0.1, -0.05) is 6.92 Å². The maximum Gasteiger partial charge on any atom is 0.241 e. The number of rotatable bonds is 5.